The summed E-state index contributed by atoms with van der Waals surface area (Å²) in [6.07, 6.45) is 3.26. The van der Waals surface area contributed by atoms with Gasteiger partial charge >= 0.3 is 0 Å². The lowest BCUT2D eigenvalue weighted by molar-refractivity contribution is -0.132. The van der Waals surface area contributed by atoms with Gasteiger partial charge in [0.15, 0.2) is 0 Å². The summed E-state index contributed by atoms with van der Waals surface area (Å²) >= 11 is 0. The molecule has 4 nitrogen and oxygen atoms in total. The average Bonchev–Trinajstić information content (AvgIpc) is 3.20. The highest BCUT2D eigenvalue weighted by Gasteiger charge is 2.17. The van der Waals surface area contributed by atoms with E-state index >= 15 is 0 Å². The fraction of sp³-hybridized carbons (Fsp3) is 0.167. The summed E-state index contributed by atoms with van der Waals surface area (Å²) in [6.45, 7) is 0.670. The van der Waals surface area contributed by atoms with Gasteiger partial charge in [0, 0.05) is 0 Å². The predicted octanol–water partition coefficient (Wildman–Crippen LogP) is 3.78. The quantitative estimate of drug-likeness (QED) is 0.695. The molecule has 2 aromatic heterocycles. The molecule has 0 spiro atoms. The fourth-order valence-electron chi connectivity index (χ4n) is 2.35. The van der Waals surface area contributed by atoms with Crippen molar-refractivity contribution in [3.63, 3.8) is 0 Å². The van der Waals surface area contributed by atoms with Gasteiger partial charge in [-0.1, -0.05) is 12.1 Å². The monoisotopic (exact) mass is 313 g/mol. The number of hydrogen-bond donors (Lipinski definition) is 0. The van der Waals surface area contributed by atoms with E-state index in [1.165, 1.54) is 12.1 Å². The Bertz CT molecular complexity index is 714. The van der Waals surface area contributed by atoms with Crippen molar-refractivity contribution >= 4 is 5.91 Å². The maximum absolute atomic E-state index is 13.3. The Balaban J connectivity index is 1.74. The molecule has 0 aliphatic rings. The second-order valence-electron chi connectivity index (χ2n) is 5.22. The van der Waals surface area contributed by atoms with Gasteiger partial charge in [-0.15, -0.1) is 0 Å². The SMILES string of the molecule is O=C(Cc1cccc(F)c1)N(Cc1ccco1)Cc1ccco1. The molecular weight excluding hydrogens is 297 g/mol. The number of nitrogens with zero attached hydrogens (tertiary/aromatic N) is 1. The van der Waals surface area contributed by atoms with Crippen LogP contribution in [0.1, 0.15) is 17.1 Å². The highest BCUT2D eigenvalue weighted by molar-refractivity contribution is 5.78. The van der Waals surface area contributed by atoms with Crippen molar-refractivity contribution in [2.45, 2.75) is 19.5 Å². The molecular formula is C18H16FNO3. The Hall–Kier alpha value is -2.82. The van der Waals surface area contributed by atoms with Gasteiger partial charge in [0.25, 0.3) is 0 Å². The minimum absolute atomic E-state index is 0.122. The van der Waals surface area contributed by atoms with Crippen molar-refractivity contribution in [2.75, 3.05) is 0 Å². The molecule has 3 aromatic rings. The second-order valence-corrected chi connectivity index (χ2v) is 5.22. The molecule has 0 saturated carbocycles. The fourth-order valence-corrected chi connectivity index (χ4v) is 2.35. The summed E-state index contributed by atoms with van der Waals surface area (Å²) in [5.74, 6) is 0.899. The van der Waals surface area contributed by atoms with Crippen molar-refractivity contribution in [1.29, 1.82) is 0 Å². The van der Waals surface area contributed by atoms with E-state index in [0.29, 0.717) is 30.2 Å². The minimum atomic E-state index is -0.348. The average molecular weight is 313 g/mol. The molecule has 0 saturated heterocycles. The van der Waals surface area contributed by atoms with Gasteiger partial charge < -0.3 is 13.7 Å². The largest absolute Gasteiger partial charge is 0.467 e. The lowest BCUT2D eigenvalue weighted by Crippen LogP contribution is -2.31. The van der Waals surface area contributed by atoms with Crippen LogP contribution in [0.15, 0.2) is 69.9 Å². The molecule has 0 radical (unpaired) electrons. The van der Waals surface area contributed by atoms with Crippen LogP contribution in [0, 0.1) is 5.82 Å². The maximum Gasteiger partial charge on any atom is 0.227 e. The van der Waals surface area contributed by atoms with Crippen LogP contribution in [-0.2, 0) is 24.3 Å². The van der Waals surface area contributed by atoms with Gasteiger partial charge in [0.1, 0.15) is 17.3 Å². The second kappa shape index (κ2) is 6.96. The summed E-state index contributed by atoms with van der Waals surface area (Å²) in [5, 5.41) is 0. The van der Waals surface area contributed by atoms with Crippen molar-refractivity contribution in [3.8, 4) is 0 Å². The molecule has 0 fully saturated rings. The van der Waals surface area contributed by atoms with Gasteiger partial charge in [0.2, 0.25) is 5.91 Å². The number of hydrogen-bond acceptors (Lipinski definition) is 3. The van der Waals surface area contributed by atoms with E-state index in [1.54, 1.807) is 41.7 Å². The van der Waals surface area contributed by atoms with E-state index in [2.05, 4.69) is 0 Å². The first-order valence-corrected chi connectivity index (χ1v) is 7.28. The number of carbonyl (C=O) groups excluding carboxylic acids is 1. The summed E-state index contributed by atoms with van der Waals surface area (Å²) in [4.78, 5) is 14.2. The van der Waals surface area contributed by atoms with Gasteiger partial charge in [0.05, 0.1) is 32.0 Å². The molecule has 0 atom stereocenters. The topological polar surface area (TPSA) is 46.6 Å². The molecule has 3 rings (SSSR count). The zero-order valence-electron chi connectivity index (χ0n) is 12.4. The van der Waals surface area contributed by atoms with Gasteiger partial charge in [-0.05, 0) is 42.0 Å². The van der Waals surface area contributed by atoms with Crippen LogP contribution in [0.5, 0.6) is 0 Å². The highest BCUT2D eigenvalue weighted by Crippen LogP contribution is 2.14. The molecule has 1 amide bonds. The summed E-state index contributed by atoms with van der Waals surface area (Å²) in [6, 6.07) is 13.2. The highest BCUT2D eigenvalue weighted by atomic mass is 19.1. The van der Waals surface area contributed by atoms with E-state index in [9.17, 15) is 9.18 Å². The van der Waals surface area contributed by atoms with Crippen LogP contribution in [0.4, 0.5) is 4.39 Å². The molecule has 0 aliphatic carbocycles. The molecule has 2 heterocycles. The number of rotatable bonds is 6. The van der Waals surface area contributed by atoms with Crippen LogP contribution in [-0.4, -0.2) is 10.8 Å². The molecule has 1 aromatic carbocycles. The number of amides is 1. The molecule has 118 valence electrons. The molecule has 0 bridgehead atoms. The Morgan fingerprint density at radius 1 is 0.957 bits per heavy atom. The van der Waals surface area contributed by atoms with E-state index in [0.717, 1.165) is 0 Å². The zero-order valence-corrected chi connectivity index (χ0v) is 12.4. The Labute approximate surface area is 133 Å². The van der Waals surface area contributed by atoms with Gasteiger partial charge in [-0.3, -0.25) is 4.79 Å². The summed E-state index contributed by atoms with van der Waals surface area (Å²) in [7, 11) is 0. The molecule has 0 unspecified atom stereocenters. The van der Waals surface area contributed by atoms with Crippen molar-refractivity contribution in [3.05, 3.63) is 84.0 Å². The first-order chi connectivity index (χ1) is 11.2. The van der Waals surface area contributed by atoms with E-state index < -0.39 is 0 Å². The van der Waals surface area contributed by atoms with Crippen LogP contribution in [0.25, 0.3) is 0 Å². The smallest absolute Gasteiger partial charge is 0.227 e. The standard InChI is InChI=1S/C18H16FNO3/c19-15-5-1-4-14(10-15)11-18(21)20(12-16-6-2-8-22-16)13-17-7-3-9-23-17/h1-10H,11-13H2. The number of halogens is 1. The van der Waals surface area contributed by atoms with Crippen LogP contribution >= 0.6 is 0 Å². The van der Waals surface area contributed by atoms with Crippen LogP contribution in [0.3, 0.4) is 0 Å². The van der Waals surface area contributed by atoms with E-state index in [4.69, 9.17) is 8.83 Å². The third-order valence-electron chi connectivity index (χ3n) is 3.45. The molecule has 0 N–H and O–H groups in total. The number of carbonyl (C=O) groups is 1. The Morgan fingerprint density at radius 2 is 1.61 bits per heavy atom. The summed E-state index contributed by atoms with van der Waals surface area (Å²) in [5.41, 5.74) is 0.638. The van der Waals surface area contributed by atoms with Crippen LogP contribution in [0.2, 0.25) is 0 Å². The third kappa shape index (κ3) is 4.10. The summed E-state index contributed by atoms with van der Waals surface area (Å²) < 4.78 is 23.9. The number of furan rings is 2. The first-order valence-electron chi connectivity index (χ1n) is 7.28. The van der Waals surface area contributed by atoms with Gasteiger partial charge in [-0.25, -0.2) is 4.39 Å². The first kappa shape index (κ1) is 15.1. The Morgan fingerprint density at radius 3 is 2.13 bits per heavy atom. The predicted molar refractivity (Wildman–Crippen MR) is 81.8 cm³/mol. The third-order valence-corrected chi connectivity index (χ3v) is 3.45. The zero-order chi connectivity index (χ0) is 16.1. The van der Waals surface area contributed by atoms with E-state index in [-0.39, 0.29) is 18.1 Å². The van der Waals surface area contributed by atoms with E-state index in [1.807, 2.05) is 12.1 Å². The maximum atomic E-state index is 13.3. The normalized spacial score (nSPS) is 10.7. The molecule has 5 heteroatoms. The Kier molecular flexibility index (Phi) is 4.57. The van der Waals surface area contributed by atoms with Crippen molar-refractivity contribution in [1.82, 2.24) is 4.90 Å². The van der Waals surface area contributed by atoms with Crippen molar-refractivity contribution < 1.29 is 18.0 Å². The lowest BCUT2D eigenvalue weighted by Gasteiger charge is -2.20. The minimum Gasteiger partial charge on any atom is -0.467 e. The number of benzene rings is 1. The van der Waals surface area contributed by atoms with Crippen LogP contribution < -0.4 is 0 Å². The van der Waals surface area contributed by atoms with Gasteiger partial charge in [-0.2, -0.15) is 0 Å². The lowest BCUT2D eigenvalue weighted by atomic mass is 10.1. The van der Waals surface area contributed by atoms with Crippen molar-refractivity contribution in [2.24, 2.45) is 0 Å². The molecule has 23 heavy (non-hydrogen) atoms. The molecule has 0 aliphatic heterocycles.